The molecule has 3 aromatic rings. The van der Waals surface area contributed by atoms with Crippen molar-refractivity contribution in [2.24, 2.45) is 5.92 Å². The predicted molar refractivity (Wildman–Crippen MR) is 122 cm³/mol. The van der Waals surface area contributed by atoms with Gasteiger partial charge in [0.15, 0.2) is 5.82 Å². The summed E-state index contributed by atoms with van der Waals surface area (Å²) in [6, 6.07) is 9.47. The fourth-order valence-corrected chi connectivity index (χ4v) is 3.57. The lowest BCUT2D eigenvalue weighted by Gasteiger charge is -2.16. The van der Waals surface area contributed by atoms with Crippen LogP contribution in [0.25, 0.3) is 5.69 Å². The molecule has 0 saturated heterocycles. The van der Waals surface area contributed by atoms with Gasteiger partial charge in [0.25, 0.3) is 0 Å². The minimum atomic E-state index is -0.341. The second kappa shape index (κ2) is 8.34. The Balaban J connectivity index is 1.93. The van der Waals surface area contributed by atoms with Crippen LogP contribution in [-0.2, 0) is 11.8 Å². The first-order chi connectivity index (χ1) is 14.1. The van der Waals surface area contributed by atoms with Crippen LogP contribution in [-0.4, -0.2) is 26.0 Å². The molecule has 0 atom stereocenters. The molecule has 2 aromatic heterocycles. The largest absolute Gasteiger partial charge is 0.326 e. The minimum Gasteiger partial charge on any atom is -0.292 e. The second-order valence-corrected chi connectivity index (χ2v) is 9.17. The van der Waals surface area contributed by atoms with Crippen molar-refractivity contribution in [1.29, 1.82) is 0 Å². The van der Waals surface area contributed by atoms with Gasteiger partial charge in [0.05, 0.1) is 11.4 Å². The molecular weight excluding hydrogens is 376 g/mol. The fraction of sp³-hybridized carbons (Fsp3) is 0.435. The van der Waals surface area contributed by atoms with Gasteiger partial charge in [-0.15, -0.1) is 0 Å². The predicted octanol–water partition coefficient (Wildman–Crippen LogP) is 5.35. The van der Waals surface area contributed by atoms with Crippen molar-refractivity contribution < 1.29 is 4.79 Å². The van der Waals surface area contributed by atoms with E-state index in [1.165, 1.54) is 0 Å². The Morgan fingerprint density at radius 3 is 2.40 bits per heavy atom. The summed E-state index contributed by atoms with van der Waals surface area (Å²) in [7, 11) is 0. The van der Waals surface area contributed by atoms with Gasteiger partial charge in [-0.3, -0.25) is 15.7 Å². The molecule has 3 rings (SSSR count). The van der Waals surface area contributed by atoms with Gasteiger partial charge in [0, 0.05) is 22.2 Å². The Morgan fingerprint density at radius 2 is 1.80 bits per heavy atom. The number of hydrogen-bond donors (Lipinski definition) is 3. The van der Waals surface area contributed by atoms with Crippen LogP contribution in [0.15, 0.2) is 30.3 Å². The lowest BCUT2D eigenvalue weighted by molar-refractivity contribution is 0.262. The number of aromatic nitrogens is 4. The Labute approximate surface area is 178 Å². The number of aryl methyl sites for hydroxylation is 1. The highest BCUT2D eigenvalue weighted by Crippen LogP contribution is 2.31. The number of anilines is 2. The van der Waals surface area contributed by atoms with Gasteiger partial charge in [-0.05, 0) is 38.3 Å². The summed E-state index contributed by atoms with van der Waals surface area (Å²) >= 11 is 0. The SMILES string of the molecule is Cc1[nH]nc(NC(=O)Nc2c(C)c(C(C)(C)C)nn2-c2ccccc2)c1CC(C)C. The van der Waals surface area contributed by atoms with Crippen molar-refractivity contribution in [1.82, 2.24) is 20.0 Å². The summed E-state index contributed by atoms with van der Waals surface area (Å²) in [5, 5.41) is 18.0. The molecule has 7 nitrogen and oxygen atoms in total. The van der Waals surface area contributed by atoms with Crippen LogP contribution in [0.1, 0.15) is 57.1 Å². The molecule has 0 radical (unpaired) electrons. The van der Waals surface area contributed by atoms with Crippen LogP contribution in [0.5, 0.6) is 0 Å². The molecule has 0 unspecified atom stereocenters. The zero-order chi connectivity index (χ0) is 22.1. The van der Waals surface area contributed by atoms with Gasteiger partial charge in [-0.25, -0.2) is 9.48 Å². The van der Waals surface area contributed by atoms with Crippen molar-refractivity contribution in [3.05, 3.63) is 52.8 Å². The third-order valence-electron chi connectivity index (χ3n) is 4.98. The molecule has 160 valence electrons. The van der Waals surface area contributed by atoms with E-state index in [0.717, 1.165) is 34.6 Å². The van der Waals surface area contributed by atoms with E-state index in [4.69, 9.17) is 5.10 Å². The van der Waals surface area contributed by atoms with E-state index >= 15 is 0 Å². The number of amides is 2. The van der Waals surface area contributed by atoms with Gasteiger partial charge in [0.2, 0.25) is 0 Å². The van der Waals surface area contributed by atoms with E-state index in [1.807, 2.05) is 44.2 Å². The number of aromatic amines is 1. The summed E-state index contributed by atoms with van der Waals surface area (Å²) in [5.74, 6) is 1.68. The lowest BCUT2D eigenvalue weighted by Crippen LogP contribution is -2.23. The highest BCUT2D eigenvalue weighted by molar-refractivity contribution is 5.99. The molecule has 7 heteroatoms. The number of hydrogen-bond acceptors (Lipinski definition) is 3. The highest BCUT2D eigenvalue weighted by atomic mass is 16.2. The lowest BCUT2D eigenvalue weighted by atomic mass is 9.90. The monoisotopic (exact) mass is 408 g/mol. The van der Waals surface area contributed by atoms with Crippen LogP contribution >= 0.6 is 0 Å². The van der Waals surface area contributed by atoms with Crippen molar-refractivity contribution >= 4 is 17.7 Å². The van der Waals surface area contributed by atoms with Crippen LogP contribution in [0, 0.1) is 19.8 Å². The maximum Gasteiger partial charge on any atom is 0.326 e. The van der Waals surface area contributed by atoms with Crippen molar-refractivity contribution in [3.63, 3.8) is 0 Å². The highest BCUT2D eigenvalue weighted by Gasteiger charge is 2.26. The van der Waals surface area contributed by atoms with E-state index in [-0.39, 0.29) is 11.4 Å². The molecule has 2 heterocycles. The molecule has 0 spiro atoms. The smallest absolute Gasteiger partial charge is 0.292 e. The molecule has 0 aliphatic rings. The molecule has 0 fully saturated rings. The van der Waals surface area contributed by atoms with Crippen LogP contribution < -0.4 is 10.6 Å². The number of nitrogens with one attached hydrogen (secondary N) is 3. The first-order valence-corrected chi connectivity index (χ1v) is 10.3. The molecule has 0 bridgehead atoms. The van der Waals surface area contributed by atoms with Crippen LogP contribution in [0.3, 0.4) is 0 Å². The van der Waals surface area contributed by atoms with Gasteiger partial charge in [-0.2, -0.15) is 10.2 Å². The minimum absolute atomic E-state index is 0.152. The summed E-state index contributed by atoms with van der Waals surface area (Å²) in [5.41, 5.74) is 4.63. The maximum atomic E-state index is 12.9. The molecule has 2 amide bonds. The quantitative estimate of drug-likeness (QED) is 0.531. The van der Waals surface area contributed by atoms with Gasteiger partial charge < -0.3 is 0 Å². The number of rotatable bonds is 5. The molecule has 0 aliphatic heterocycles. The molecule has 0 saturated carbocycles. The summed E-state index contributed by atoms with van der Waals surface area (Å²) < 4.78 is 1.79. The number of nitrogens with zero attached hydrogens (tertiary/aromatic N) is 3. The normalized spacial score (nSPS) is 11.7. The van der Waals surface area contributed by atoms with E-state index < -0.39 is 0 Å². The average Bonchev–Trinajstić information content (AvgIpc) is 3.17. The van der Waals surface area contributed by atoms with Gasteiger partial charge in [0.1, 0.15) is 5.82 Å². The molecule has 1 aromatic carbocycles. The standard InChI is InChI=1S/C23H32N6O/c1-14(2)13-18-16(4)26-27-20(18)24-22(30)25-21-15(3)19(23(5,6)7)28-29(21)17-11-9-8-10-12-17/h8-12,14H,13H2,1-7H3,(H3,24,25,26,27,30). The number of para-hydroxylation sites is 1. The van der Waals surface area contributed by atoms with Crippen molar-refractivity contribution in [2.45, 2.75) is 60.3 Å². The van der Waals surface area contributed by atoms with Crippen LogP contribution in [0.2, 0.25) is 0 Å². The Bertz CT molecular complexity index is 1020. The van der Waals surface area contributed by atoms with Crippen molar-refractivity contribution in [2.75, 3.05) is 10.6 Å². The first-order valence-electron chi connectivity index (χ1n) is 10.3. The zero-order valence-corrected chi connectivity index (χ0v) is 18.9. The number of H-pyrrole nitrogens is 1. The third kappa shape index (κ3) is 4.56. The topological polar surface area (TPSA) is 87.6 Å². The van der Waals surface area contributed by atoms with Gasteiger partial charge >= 0.3 is 6.03 Å². The molecule has 0 aliphatic carbocycles. The summed E-state index contributed by atoms with van der Waals surface area (Å²) in [6.45, 7) is 14.6. The molecule has 3 N–H and O–H groups in total. The Morgan fingerprint density at radius 1 is 1.13 bits per heavy atom. The number of carbonyl (C=O) groups excluding carboxylic acids is 1. The average molecular weight is 409 g/mol. The summed E-state index contributed by atoms with van der Waals surface area (Å²) in [4.78, 5) is 12.9. The number of benzene rings is 1. The third-order valence-corrected chi connectivity index (χ3v) is 4.98. The Kier molecular flexibility index (Phi) is 6.01. The molecule has 30 heavy (non-hydrogen) atoms. The number of carbonyl (C=O) groups is 1. The second-order valence-electron chi connectivity index (χ2n) is 9.17. The van der Waals surface area contributed by atoms with Gasteiger partial charge in [-0.1, -0.05) is 52.8 Å². The Hall–Kier alpha value is -3.09. The van der Waals surface area contributed by atoms with E-state index in [0.29, 0.717) is 17.6 Å². The maximum absolute atomic E-state index is 12.9. The molecular formula is C23H32N6O. The summed E-state index contributed by atoms with van der Waals surface area (Å²) in [6.07, 6.45) is 0.840. The van der Waals surface area contributed by atoms with E-state index in [1.54, 1.807) is 4.68 Å². The number of urea groups is 1. The van der Waals surface area contributed by atoms with Crippen molar-refractivity contribution in [3.8, 4) is 5.69 Å². The van der Waals surface area contributed by atoms with Crippen LogP contribution in [0.4, 0.5) is 16.4 Å². The van der Waals surface area contributed by atoms with E-state index in [2.05, 4.69) is 55.4 Å². The fourth-order valence-electron chi connectivity index (χ4n) is 3.57. The van der Waals surface area contributed by atoms with E-state index in [9.17, 15) is 4.79 Å². The zero-order valence-electron chi connectivity index (χ0n) is 18.9. The first kappa shape index (κ1) is 21.6.